The minimum Gasteiger partial charge on any atom is -0.294 e. The lowest BCUT2D eigenvalue weighted by atomic mass is 10.1. The van der Waals surface area contributed by atoms with E-state index in [0.29, 0.717) is 24.2 Å². The van der Waals surface area contributed by atoms with Crippen LogP contribution in [-0.2, 0) is 10.8 Å². The maximum Gasteiger partial charge on any atom is 0.162 e. The summed E-state index contributed by atoms with van der Waals surface area (Å²) in [4.78, 5) is 11.8. The zero-order valence-corrected chi connectivity index (χ0v) is 11.8. The van der Waals surface area contributed by atoms with Crippen LogP contribution in [0.2, 0.25) is 0 Å². The van der Waals surface area contributed by atoms with E-state index in [4.69, 9.17) is 0 Å². The number of carbonyl (C=O) groups excluding carboxylic acids is 1. The first-order chi connectivity index (χ1) is 9.16. The third-order valence-corrected chi connectivity index (χ3v) is 5.37. The Balaban J connectivity index is 1.81. The Labute approximate surface area is 117 Å². The Bertz CT molecular complexity index is 562. The zero-order chi connectivity index (χ0) is 13.7. The van der Waals surface area contributed by atoms with Gasteiger partial charge < -0.3 is 0 Å². The summed E-state index contributed by atoms with van der Waals surface area (Å²) in [6.45, 7) is 0. The van der Waals surface area contributed by atoms with Crippen LogP contribution in [0.25, 0.3) is 0 Å². The van der Waals surface area contributed by atoms with Crippen LogP contribution in [0.4, 0.5) is 4.39 Å². The molecule has 2 aromatic rings. The number of thiophene rings is 1. The van der Waals surface area contributed by atoms with E-state index in [-0.39, 0.29) is 11.6 Å². The summed E-state index contributed by atoms with van der Waals surface area (Å²) in [6, 6.07) is 9.21. The normalized spacial score (nSPS) is 12.3. The molecular weight excluding hydrogens is 283 g/mol. The molecule has 2 rings (SSSR count). The van der Waals surface area contributed by atoms with Crippen LogP contribution < -0.4 is 0 Å². The lowest BCUT2D eigenvalue weighted by Gasteiger charge is -2.01. The molecule has 1 heterocycles. The Morgan fingerprint density at radius 2 is 1.95 bits per heavy atom. The Kier molecular flexibility index (Phi) is 4.99. The topological polar surface area (TPSA) is 34.1 Å². The summed E-state index contributed by atoms with van der Waals surface area (Å²) in [7, 11) is -1.02. The molecule has 0 bridgehead atoms. The van der Waals surface area contributed by atoms with Gasteiger partial charge in [0.05, 0.1) is 15.0 Å². The molecule has 0 amide bonds. The molecule has 1 aromatic carbocycles. The molecule has 0 radical (unpaired) electrons. The van der Waals surface area contributed by atoms with Gasteiger partial charge in [-0.05, 0) is 42.1 Å². The minimum atomic E-state index is -1.02. The molecule has 0 aliphatic rings. The van der Waals surface area contributed by atoms with Crippen molar-refractivity contribution in [1.82, 2.24) is 0 Å². The van der Waals surface area contributed by atoms with Gasteiger partial charge in [0, 0.05) is 17.7 Å². The monoisotopic (exact) mass is 296 g/mol. The van der Waals surface area contributed by atoms with E-state index < -0.39 is 10.8 Å². The number of ketones is 1. The van der Waals surface area contributed by atoms with Crippen LogP contribution >= 0.6 is 11.3 Å². The second-order valence-electron chi connectivity index (χ2n) is 4.02. The second-order valence-corrected chi connectivity index (χ2v) is 6.76. The highest BCUT2D eigenvalue weighted by molar-refractivity contribution is 7.87. The van der Waals surface area contributed by atoms with Crippen LogP contribution in [0.1, 0.15) is 23.2 Å². The maximum atomic E-state index is 12.7. The highest BCUT2D eigenvalue weighted by Gasteiger charge is 2.09. The molecule has 0 aliphatic carbocycles. The smallest absolute Gasteiger partial charge is 0.162 e. The summed E-state index contributed by atoms with van der Waals surface area (Å²) in [5.74, 6) is 0.0894. The molecule has 0 fully saturated rings. The third kappa shape index (κ3) is 4.08. The first-order valence-corrected chi connectivity index (χ1v) is 8.07. The highest BCUT2D eigenvalue weighted by Crippen LogP contribution is 2.15. The van der Waals surface area contributed by atoms with Crippen molar-refractivity contribution in [1.29, 1.82) is 0 Å². The average Bonchev–Trinajstić information content (AvgIpc) is 2.93. The molecule has 2 nitrogen and oxygen atoms in total. The highest BCUT2D eigenvalue weighted by atomic mass is 32.2. The van der Waals surface area contributed by atoms with E-state index in [1.54, 1.807) is 0 Å². The van der Waals surface area contributed by atoms with E-state index in [1.807, 2.05) is 17.5 Å². The predicted octanol–water partition coefficient (Wildman–Crippen LogP) is 3.66. The number of hydrogen-bond donors (Lipinski definition) is 0. The summed E-state index contributed by atoms with van der Waals surface area (Å²) in [5.41, 5.74) is 0.503. The van der Waals surface area contributed by atoms with Crippen LogP contribution in [0, 0.1) is 5.82 Å². The van der Waals surface area contributed by atoms with Crippen molar-refractivity contribution in [3.8, 4) is 0 Å². The maximum absolute atomic E-state index is 12.7. The van der Waals surface area contributed by atoms with Gasteiger partial charge in [-0.15, -0.1) is 11.3 Å². The van der Waals surface area contributed by atoms with E-state index >= 15 is 0 Å². The van der Waals surface area contributed by atoms with Gasteiger partial charge in [-0.1, -0.05) is 6.07 Å². The predicted molar refractivity (Wildman–Crippen MR) is 75.6 cm³/mol. The van der Waals surface area contributed by atoms with E-state index in [9.17, 15) is 13.4 Å². The molecule has 1 atom stereocenters. The molecule has 5 heteroatoms. The summed E-state index contributed by atoms with van der Waals surface area (Å²) in [5, 5.41) is 1.89. The Morgan fingerprint density at radius 3 is 2.58 bits per heavy atom. The van der Waals surface area contributed by atoms with Gasteiger partial charge >= 0.3 is 0 Å². The van der Waals surface area contributed by atoms with Crippen molar-refractivity contribution in [2.45, 2.75) is 17.1 Å². The van der Waals surface area contributed by atoms with Gasteiger partial charge in [0.1, 0.15) is 5.82 Å². The van der Waals surface area contributed by atoms with Crippen molar-refractivity contribution in [3.63, 3.8) is 0 Å². The standard InChI is InChI=1S/C14H13FO2S2/c15-12-7-5-11(6-8-12)13(16)3-2-10-19(17)14-4-1-9-18-14/h1,4-9H,2-3,10H2. The van der Waals surface area contributed by atoms with Gasteiger partial charge in [-0.2, -0.15) is 0 Å². The molecule has 19 heavy (non-hydrogen) atoms. The second kappa shape index (κ2) is 6.73. The molecule has 1 aromatic heterocycles. The van der Waals surface area contributed by atoms with Crippen LogP contribution in [0.15, 0.2) is 46.0 Å². The van der Waals surface area contributed by atoms with Crippen molar-refractivity contribution in [3.05, 3.63) is 53.2 Å². The van der Waals surface area contributed by atoms with Crippen molar-refractivity contribution in [2.75, 3.05) is 5.75 Å². The number of hydrogen-bond acceptors (Lipinski definition) is 3. The van der Waals surface area contributed by atoms with Gasteiger partial charge in [-0.25, -0.2) is 4.39 Å². The van der Waals surface area contributed by atoms with E-state index in [1.165, 1.54) is 35.6 Å². The number of halogens is 1. The lowest BCUT2D eigenvalue weighted by molar-refractivity contribution is 0.0982. The fourth-order valence-electron chi connectivity index (χ4n) is 1.64. The SMILES string of the molecule is O=C(CCCS(=O)c1cccs1)c1ccc(F)cc1. The lowest BCUT2D eigenvalue weighted by Crippen LogP contribution is -2.03. The number of carbonyl (C=O) groups is 1. The molecule has 0 saturated carbocycles. The van der Waals surface area contributed by atoms with Crippen molar-refractivity contribution >= 4 is 27.9 Å². The molecule has 1 unspecified atom stereocenters. The minimum absolute atomic E-state index is 0.0387. The van der Waals surface area contributed by atoms with Gasteiger partial charge in [0.2, 0.25) is 0 Å². The van der Waals surface area contributed by atoms with Gasteiger partial charge in [-0.3, -0.25) is 9.00 Å². The zero-order valence-electron chi connectivity index (χ0n) is 10.2. The van der Waals surface area contributed by atoms with Gasteiger partial charge in [0.25, 0.3) is 0 Å². The fraction of sp³-hybridized carbons (Fsp3) is 0.214. The summed E-state index contributed by atoms with van der Waals surface area (Å²) < 4.78 is 25.4. The first-order valence-electron chi connectivity index (χ1n) is 5.87. The summed E-state index contributed by atoms with van der Waals surface area (Å²) in [6.07, 6.45) is 0.906. The number of rotatable bonds is 6. The molecule has 0 aliphatic heterocycles. The van der Waals surface area contributed by atoms with Crippen molar-refractivity contribution in [2.24, 2.45) is 0 Å². The largest absolute Gasteiger partial charge is 0.294 e. The molecule has 0 N–H and O–H groups in total. The molecular formula is C14H13FO2S2. The number of Topliss-reactive ketones (excluding diaryl/α,β-unsaturated/α-hetero) is 1. The van der Waals surface area contributed by atoms with Crippen LogP contribution in [-0.4, -0.2) is 15.7 Å². The van der Waals surface area contributed by atoms with Crippen LogP contribution in [0.3, 0.4) is 0 Å². The van der Waals surface area contributed by atoms with Crippen molar-refractivity contribution < 1.29 is 13.4 Å². The number of benzene rings is 1. The Morgan fingerprint density at radius 1 is 1.21 bits per heavy atom. The van der Waals surface area contributed by atoms with Gasteiger partial charge in [0.15, 0.2) is 5.78 Å². The van der Waals surface area contributed by atoms with E-state index in [2.05, 4.69) is 0 Å². The van der Waals surface area contributed by atoms with E-state index in [0.717, 1.165) is 4.21 Å². The summed E-state index contributed by atoms with van der Waals surface area (Å²) >= 11 is 1.46. The quantitative estimate of drug-likeness (QED) is 0.762. The Hall–Kier alpha value is -1.33. The van der Waals surface area contributed by atoms with Crippen LogP contribution in [0.5, 0.6) is 0 Å². The molecule has 0 saturated heterocycles. The molecule has 0 spiro atoms. The fourth-order valence-corrected chi connectivity index (χ4v) is 3.77. The first kappa shape index (κ1) is 14.1. The average molecular weight is 296 g/mol. The molecule has 100 valence electrons. The third-order valence-electron chi connectivity index (χ3n) is 2.62.